The lowest BCUT2D eigenvalue weighted by molar-refractivity contribution is 0.159. The van der Waals surface area contributed by atoms with Gasteiger partial charge in [-0.3, -0.25) is 16.0 Å². The Balaban J connectivity index is 1.41. The molecule has 4 nitrogen and oxygen atoms in total. The molecule has 1 aliphatic carbocycles. The highest BCUT2D eigenvalue weighted by atomic mass is 15.4. The molecule has 6 aromatic rings. The van der Waals surface area contributed by atoms with Crippen LogP contribution in [0.2, 0.25) is 0 Å². The van der Waals surface area contributed by atoms with E-state index in [2.05, 4.69) is 168 Å². The summed E-state index contributed by atoms with van der Waals surface area (Å²) >= 11 is 0. The highest BCUT2D eigenvalue weighted by Crippen LogP contribution is 2.52. The second kappa shape index (κ2) is 9.81. The molecule has 3 N–H and O–H groups in total. The molecule has 42 heavy (non-hydrogen) atoms. The Kier molecular flexibility index (Phi) is 5.90. The van der Waals surface area contributed by atoms with Crippen molar-refractivity contribution in [1.29, 1.82) is 0 Å². The van der Waals surface area contributed by atoms with Crippen LogP contribution in [0.3, 0.4) is 0 Å². The molecule has 0 radical (unpaired) electrons. The predicted molar refractivity (Wildman–Crippen MR) is 172 cm³/mol. The summed E-state index contributed by atoms with van der Waals surface area (Å²) in [5.41, 5.74) is 11.3. The van der Waals surface area contributed by atoms with Gasteiger partial charge in [0.1, 0.15) is 6.29 Å². The number of nitrogens with zero attached hydrogens (tertiary/aromatic N) is 1. The number of benzene rings is 5. The summed E-state index contributed by atoms with van der Waals surface area (Å²) in [6, 6.07) is 48.2. The summed E-state index contributed by atoms with van der Waals surface area (Å²) in [5.74, 6) is 0. The Morgan fingerprint density at radius 3 is 1.67 bits per heavy atom. The fraction of sp³-hybridized carbons (Fsp3) is 0.158. The third-order valence-electron chi connectivity index (χ3n) is 9.14. The van der Waals surface area contributed by atoms with E-state index in [-0.39, 0.29) is 24.0 Å². The van der Waals surface area contributed by atoms with E-state index in [1.54, 1.807) is 0 Å². The molecule has 2 atom stereocenters. The van der Waals surface area contributed by atoms with Crippen molar-refractivity contribution < 1.29 is 0 Å². The Morgan fingerprint density at radius 1 is 0.524 bits per heavy atom. The number of aromatic nitrogens is 1. The van der Waals surface area contributed by atoms with Crippen molar-refractivity contribution in [2.24, 2.45) is 0 Å². The van der Waals surface area contributed by atoms with Gasteiger partial charge in [-0.05, 0) is 33.9 Å². The molecule has 1 saturated heterocycles. The first-order valence-electron chi connectivity index (χ1n) is 14.8. The van der Waals surface area contributed by atoms with E-state index in [1.165, 1.54) is 55.5 Å². The number of nitrogens with one attached hydrogen (secondary N) is 3. The van der Waals surface area contributed by atoms with E-state index in [0.717, 1.165) is 0 Å². The van der Waals surface area contributed by atoms with Crippen LogP contribution >= 0.6 is 0 Å². The minimum absolute atomic E-state index is 0.0517. The average molecular weight is 547 g/mol. The van der Waals surface area contributed by atoms with Gasteiger partial charge < -0.3 is 4.57 Å². The molecule has 1 fully saturated rings. The van der Waals surface area contributed by atoms with Crippen LogP contribution in [0.1, 0.15) is 54.7 Å². The molecule has 206 valence electrons. The van der Waals surface area contributed by atoms with Crippen LogP contribution in [0.15, 0.2) is 133 Å². The molecule has 1 aliphatic heterocycles. The molecular weight excluding hydrogens is 512 g/mol. The second-order valence-corrected chi connectivity index (χ2v) is 11.9. The predicted octanol–water partition coefficient (Wildman–Crippen LogP) is 8.25. The van der Waals surface area contributed by atoms with Gasteiger partial charge in [0, 0.05) is 21.9 Å². The molecule has 1 aromatic heterocycles. The van der Waals surface area contributed by atoms with Gasteiger partial charge in [-0.25, -0.2) is 0 Å². The summed E-state index contributed by atoms with van der Waals surface area (Å²) in [6.45, 7) is 4.72. The monoisotopic (exact) mass is 546 g/mol. The lowest BCUT2D eigenvalue weighted by atomic mass is 9.75. The number of fused-ring (bicyclic) bond motifs is 7. The Morgan fingerprint density at radius 2 is 1.02 bits per heavy atom. The second-order valence-electron chi connectivity index (χ2n) is 11.9. The van der Waals surface area contributed by atoms with Gasteiger partial charge in [0.15, 0.2) is 0 Å². The summed E-state index contributed by atoms with van der Waals surface area (Å²) in [6.07, 6.45) is -0.287. The highest BCUT2D eigenvalue weighted by molar-refractivity contribution is 6.07. The molecule has 0 spiro atoms. The maximum Gasteiger partial charge on any atom is 0.142 e. The lowest BCUT2D eigenvalue weighted by Crippen LogP contribution is -2.56. The molecule has 2 aliphatic rings. The third kappa shape index (κ3) is 3.87. The van der Waals surface area contributed by atoms with Gasteiger partial charge >= 0.3 is 0 Å². The van der Waals surface area contributed by atoms with Crippen LogP contribution in [-0.4, -0.2) is 4.57 Å². The van der Waals surface area contributed by atoms with Crippen molar-refractivity contribution in [2.45, 2.75) is 37.9 Å². The van der Waals surface area contributed by atoms with Crippen molar-refractivity contribution in [3.05, 3.63) is 156 Å². The largest absolute Gasteiger partial charge is 0.311 e. The lowest BCUT2D eigenvalue weighted by Gasteiger charge is -2.41. The van der Waals surface area contributed by atoms with Gasteiger partial charge in [-0.15, -0.1) is 0 Å². The van der Waals surface area contributed by atoms with Crippen molar-refractivity contribution in [3.63, 3.8) is 0 Å². The maximum absolute atomic E-state index is 3.95. The number of para-hydroxylation sites is 1. The van der Waals surface area contributed by atoms with E-state index in [0.29, 0.717) is 0 Å². The maximum atomic E-state index is 3.95. The van der Waals surface area contributed by atoms with Crippen molar-refractivity contribution >= 4 is 10.9 Å². The zero-order chi connectivity index (χ0) is 28.3. The zero-order valence-corrected chi connectivity index (χ0v) is 23.9. The van der Waals surface area contributed by atoms with Gasteiger partial charge in [0.2, 0.25) is 0 Å². The fourth-order valence-electron chi connectivity index (χ4n) is 7.15. The van der Waals surface area contributed by atoms with E-state index in [9.17, 15) is 0 Å². The van der Waals surface area contributed by atoms with E-state index < -0.39 is 0 Å². The molecular formula is C38H34N4. The van der Waals surface area contributed by atoms with Gasteiger partial charge in [0.25, 0.3) is 0 Å². The van der Waals surface area contributed by atoms with Crippen LogP contribution in [0.5, 0.6) is 0 Å². The van der Waals surface area contributed by atoms with Crippen LogP contribution in [0.25, 0.3) is 33.3 Å². The van der Waals surface area contributed by atoms with Crippen molar-refractivity contribution in [2.75, 3.05) is 0 Å². The number of hydrogen-bond acceptors (Lipinski definition) is 3. The van der Waals surface area contributed by atoms with Gasteiger partial charge in [0.05, 0.1) is 23.5 Å². The molecule has 5 aromatic carbocycles. The van der Waals surface area contributed by atoms with Crippen LogP contribution in [0.4, 0.5) is 0 Å². The van der Waals surface area contributed by atoms with Crippen molar-refractivity contribution in [3.8, 4) is 22.4 Å². The van der Waals surface area contributed by atoms with Crippen LogP contribution < -0.4 is 16.0 Å². The van der Waals surface area contributed by atoms with E-state index in [1.807, 2.05) is 0 Å². The minimum atomic E-state index is -0.184. The third-order valence-corrected chi connectivity index (χ3v) is 9.14. The quantitative estimate of drug-likeness (QED) is 0.209. The molecule has 0 saturated carbocycles. The summed E-state index contributed by atoms with van der Waals surface area (Å²) < 4.78 is 2.51. The van der Waals surface area contributed by atoms with Crippen LogP contribution in [-0.2, 0) is 5.41 Å². The molecule has 0 bridgehead atoms. The topological polar surface area (TPSA) is 41.0 Å². The molecule has 0 amide bonds. The normalized spacial score (nSPS) is 20.8. The van der Waals surface area contributed by atoms with E-state index in [4.69, 9.17) is 0 Å². The average Bonchev–Trinajstić information content (AvgIpc) is 3.37. The zero-order valence-electron chi connectivity index (χ0n) is 23.9. The van der Waals surface area contributed by atoms with Gasteiger partial charge in [-0.1, -0.05) is 141 Å². The number of hydrogen-bond donors (Lipinski definition) is 3. The first-order valence-corrected chi connectivity index (χ1v) is 14.8. The Hall–Kier alpha value is -4.48. The van der Waals surface area contributed by atoms with Crippen molar-refractivity contribution in [1.82, 2.24) is 20.5 Å². The minimum Gasteiger partial charge on any atom is -0.311 e. The van der Waals surface area contributed by atoms with Crippen LogP contribution in [0, 0.1) is 0 Å². The molecule has 2 heterocycles. The highest BCUT2D eigenvalue weighted by Gasteiger charge is 2.38. The first-order chi connectivity index (χ1) is 20.6. The SMILES string of the molecule is CC1(C)c2ccccc2-c2c(n(C3NC(c4ccccc4)NC(c4ccccc4)N3)c3ccccc23)-c2ccccc21. The summed E-state index contributed by atoms with van der Waals surface area (Å²) in [5, 5.41) is 13.0. The fourth-order valence-corrected chi connectivity index (χ4v) is 7.15. The smallest absolute Gasteiger partial charge is 0.142 e. The standard InChI is InChI=1S/C38H34N4/c1-38(2)30-22-12-9-19-27(30)33-29-21-11-14-24-32(29)42(34(33)28-20-10-13-23-31(28)38)37-40-35(25-15-5-3-6-16-25)39-36(41-37)26-17-7-4-8-18-26/h3-24,35-37,39-41H,1-2H3. The van der Waals surface area contributed by atoms with Gasteiger partial charge in [-0.2, -0.15) is 0 Å². The molecule has 4 heteroatoms. The Bertz CT molecular complexity index is 1860. The van der Waals surface area contributed by atoms with E-state index >= 15 is 0 Å². The summed E-state index contributed by atoms with van der Waals surface area (Å²) in [4.78, 5) is 0. The molecule has 2 unspecified atom stereocenters. The number of rotatable bonds is 3. The first kappa shape index (κ1) is 25.2. The Labute approximate surface area is 247 Å². The molecule has 8 rings (SSSR count). The summed E-state index contributed by atoms with van der Waals surface area (Å²) in [7, 11) is 0.